The normalized spacial score (nSPS) is 16.1. The Bertz CT molecular complexity index is 2200. The number of nitrogens with zero attached hydrogens (tertiary/aromatic N) is 2. The molecule has 0 unspecified atom stereocenters. The van der Waals surface area contributed by atoms with Crippen LogP contribution in [0.5, 0.6) is 11.5 Å². The van der Waals surface area contributed by atoms with Crippen LogP contribution in [0, 0.1) is 0 Å². The highest BCUT2D eigenvalue weighted by atomic mass is 16.6. The fourth-order valence-electron chi connectivity index (χ4n) is 6.20. The molecule has 0 amide bonds. The molecule has 0 aromatic heterocycles. The molecule has 10 nitrogen and oxygen atoms in total. The molecule has 0 fully saturated rings. The van der Waals surface area contributed by atoms with Crippen molar-refractivity contribution in [3.05, 3.63) is 191 Å². The summed E-state index contributed by atoms with van der Waals surface area (Å²) in [5, 5.41) is 0. The van der Waals surface area contributed by atoms with E-state index < -0.39 is 0 Å². The van der Waals surface area contributed by atoms with E-state index in [1.165, 1.54) is 46.7 Å². The molecule has 0 bridgehead atoms. The molecule has 5 aliphatic heterocycles. The summed E-state index contributed by atoms with van der Waals surface area (Å²) in [4.78, 5) is 4.67. The smallest absolute Gasteiger partial charge is 0.169 e. The first kappa shape index (κ1) is 46.1. The summed E-state index contributed by atoms with van der Waals surface area (Å²) in [5.74, 6) is 10.1. The Morgan fingerprint density at radius 2 is 0.629 bits per heavy atom. The van der Waals surface area contributed by atoms with Crippen LogP contribution in [0.4, 0.5) is 22.7 Å². The summed E-state index contributed by atoms with van der Waals surface area (Å²) in [6.07, 6.45) is 3.03. The summed E-state index contributed by atoms with van der Waals surface area (Å²) in [5.41, 5.74) is 7.27. The molecule has 4 aromatic rings. The van der Waals surface area contributed by atoms with Crippen molar-refractivity contribution in [1.29, 1.82) is 0 Å². The molecule has 326 valence electrons. The Hall–Kier alpha value is -6.94. The Morgan fingerprint density at radius 1 is 0.323 bits per heavy atom. The zero-order chi connectivity index (χ0) is 44.8. The lowest BCUT2D eigenvalue weighted by Gasteiger charge is -2.40. The van der Waals surface area contributed by atoms with Gasteiger partial charge in [-0.1, -0.05) is 60.7 Å². The first-order valence-electron chi connectivity index (χ1n) is 20.6. The molecular weight excluding hydrogens is 781 g/mol. The van der Waals surface area contributed by atoms with Crippen LogP contribution in [0.15, 0.2) is 191 Å². The maximum absolute atomic E-state index is 5.50. The molecule has 0 saturated heterocycles. The fourth-order valence-corrected chi connectivity index (χ4v) is 6.20. The van der Waals surface area contributed by atoms with Crippen LogP contribution in [0.25, 0.3) is 0 Å². The minimum Gasteiger partial charge on any atom is -0.491 e. The predicted octanol–water partition coefficient (Wildman–Crippen LogP) is 14.5. The van der Waals surface area contributed by atoms with Crippen LogP contribution in [0.1, 0.15) is 83.1 Å². The number of anilines is 4. The van der Waals surface area contributed by atoms with Gasteiger partial charge in [-0.15, -0.1) is 0 Å². The van der Waals surface area contributed by atoms with Gasteiger partial charge in [0.05, 0.1) is 11.4 Å². The van der Waals surface area contributed by atoms with Gasteiger partial charge in [0.25, 0.3) is 0 Å². The largest absolute Gasteiger partial charge is 0.491 e. The van der Waals surface area contributed by atoms with E-state index >= 15 is 0 Å². The van der Waals surface area contributed by atoms with Crippen molar-refractivity contribution in [3.63, 3.8) is 0 Å². The lowest BCUT2D eigenvalue weighted by Crippen LogP contribution is -2.29. The summed E-state index contributed by atoms with van der Waals surface area (Å²) in [6, 6.07) is 37.3. The van der Waals surface area contributed by atoms with Crippen LogP contribution in [0.2, 0.25) is 0 Å². The van der Waals surface area contributed by atoms with Crippen LogP contribution in [-0.2, 0) is 28.4 Å². The number of ether oxygens (including phenoxy) is 8. The molecule has 0 radical (unpaired) electrons. The molecule has 0 aliphatic carbocycles. The minimum absolute atomic E-state index is 0.698. The van der Waals surface area contributed by atoms with Crippen molar-refractivity contribution >= 4 is 22.7 Å². The van der Waals surface area contributed by atoms with Gasteiger partial charge in [-0.05, 0) is 132 Å². The van der Waals surface area contributed by atoms with E-state index in [0.29, 0.717) is 13.2 Å². The van der Waals surface area contributed by atoms with Gasteiger partial charge in [0.15, 0.2) is 11.5 Å². The Labute approximate surface area is 367 Å². The first-order valence-corrected chi connectivity index (χ1v) is 20.6. The second kappa shape index (κ2) is 22.1. The van der Waals surface area contributed by atoms with Crippen molar-refractivity contribution in [2.75, 3.05) is 23.0 Å². The van der Waals surface area contributed by atoms with Crippen molar-refractivity contribution < 1.29 is 37.9 Å². The van der Waals surface area contributed by atoms with Gasteiger partial charge in [0, 0.05) is 22.8 Å². The average molecular weight is 841 g/mol. The van der Waals surface area contributed by atoms with E-state index in [1.54, 1.807) is 0 Å². The third kappa shape index (κ3) is 12.1. The van der Waals surface area contributed by atoms with Crippen LogP contribution in [0.3, 0.4) is 0 Å². The average Bonchev–Trinajstić information content (AvgIpc) is 3.27. The van der Waals surface area contributed by atoms with Crippen molar-refractivity contribution in [3.8, 4) is 11.5 Å². The molecule has 9 rings (SSSR count). The first-order chi connectivity index (χ1) is 29.8. The van der Waals surface area contributed by atoms with Crippen molar-refractivity contribution in [2.45, 2.75) is 83.1 Å². The highest BCUT2D eigenvalue weighted by molar-refractivity contribution is 5.88. The molecule has 5 heterocycles. The Kier molecular flexibility index (Phi) is 16.4. The zero-order valence-electron chi connectivity index (χ0n) is 38.1. The SMILES string of the molecule is CC1=C(C)N(c2ccccc2)c2ccccc2N1c1ccccc1.CC1=C(C)OC(C)=C(C)O1.CC1=C(C)OC=CO1.CC1=C(C)OCCO1.CC1=C(C)Oc2ccccc2O1. The number of rotatable bonds is 2. The van der Waals surface area contributed by atoms with E-state index in [0.717, 1.165) is 69.1 Å². The van der Waals surface area contributed by atoms with E-state index in [2.05, 4.69) is 109 Å². The highest BCUT2D eigenvalue weighted by Crippen LogP contribution is 2.46. The van der Waals surface area contributed by atoms with Gasteiger partial charge in [-0.3, -0.25) is 0 Å². The van der Waals surface area contributed by atoms with Gasteiger partial charge in [0.1, 0.15) is 83.3 Å². The summed E-state index contributed by atoms with van der Waals surface area (Å²) in [7, 11) is 0. The van der Waals surface area contributed by atoms with Crippen LogP contribution >= 0.6 is 0 Å². The summed E-state index contributed by atoms with van der Waals surface area (Å²) in [6.45, 7) is 24.7. The number of hydrogen-bond acceptors (Lipinski definition) is 10. The number of para-hydroxylation sites is 6. The molecule has 10 heteroatoms. The molecule has 0 saturated carbocycles. The van der Waals surface area contributed by atoms with Crippen LogP contribution < -0.4 is 19.3 Å². The lowest BCUT2D eigenvalue weighted by molar-refractivity contribution is 0.0648. The quantitative estimate of drug-likeness (QED) is 0.195. The standard InChI is InChI=1S/C22H20N2.C10H10O2.C8H12O2.C6H10O2.C6H8O2/c1-17-18(2)24(20-13-7-4-8-14-20)22-16-10-9-15-21(22)23(17)19-11-5-3-6-12-19;1-7-8(2)12-10-6-4-3-5-9(10)11-7;1-5-6(2)10-8(4)7(3)9-5;2*1-5-6(2)8-4-3-7-5/h3-16H,1-2H3;3-6H,1-2H3;1-4H3;3-4H2,1-2H3;3-4H,1-2H3. The fraction of sp³-hybridized carbons (Fsp3) is 0.269. The molecule has 5 aliphatic rings. The molecule has 0 atom stereocenters. The molecular formula is C52H60N2O8. The number of benzene rings is 4. The maximum atomic E-state index is 5.50. The second-order valence-electron chi connectivity index (χ2n) is 14.6. The Morgan fingerprint density at radius 3 is 0.952 bits per heavy atom. The molecule has 62 heavy (non-hydrogen) atoms. The predicted molar refractivity (Wildman–Crippen MR) is 247 cm³/mol. The van der Waals surface area contributed by atoms with Gasteiger partial charge >= 0.3 is 0 Å². The van der Waals surface area contributed by atoms with Gasteiger partial charge in [-0.2, -0.15) is 0 Å². The number of allylic oxidation sites excluding steroid dienone is 12. The highest BCUT2D eigenvalue weighted by Gasteiger charge is 2.28. The lowest BCUT2D eigenvalue weighted by atomic mass is 10.1. The third-order valence-corrected chi connectivity index (χ3v) is 10.3. The van der Waals surface area contributed by atoms with Gasteiger partial charge in [0.2, 0.25) is 0 Å². The monoisotopic (exact) mass is 840 g/mol. The van der Waals surface area contributed by atoms with Crippen molar-refractivity contribution in [1.82, 2.24) is 0 Å². The minimum atomic E-state index is 0.698. The summed E-state index contributed by atoms with van der Waals surface area (Å²) < 4.78 is 41.9. The van der Waals surface area contributed by atoms with E-state index in [-0.39, 0.29) is 0 Å². The van der Waals surface area contributed by atoms with E-state index in [4.69, 9.17) is 37.9 Å². The maximum Gasteiger partial charge on any atom is 0.169 e. The van der Waals surface area contributed by atoms with E-state index in [1.807, 2.05) is 93.5 Å². The number of hydrogen-bond donors (Lipinski definition) is 0. The molecule has 0 N–H and O–H groups in total. The molecule has 0 spiro atoms. The van der Waals surface area contributed by atoms with Gasteiger partial charge < -0.3 is 47.7 Å². The number of fused-ring (bicyclic) bond motifs is 2. The van der Waals surface area contributed by atoms with Crippen molar-refractivity contribution in [2.24, 2.45) is 0 Å². The topological polar surface area (TPSA) is 80.3 Å². The second-order valence-corrected chi connectivity index (χ2v) is 14.6. The zero-order valence-corrected chi connectivity index (χ0v) is 38.1. The molecule has 4 aromatic carbocycles. The Balaban J connectivity index is 0.000000161. The third-order valence-electron chi connectivity index (χ3n) is 10.3. The van der Waals surface area contributed by atoms with Crippen LogP contribution in [-0.4, -0.2) is 13.2 Å². The van der Waals surface area contributed by atoms with Gasteiger partial charge in [-0.25, -0.2) is 0 Å². The van der Waals surface area contributed by atoms with E-state index in [9.17, 15) is 0 Å². The summed E-state index contributed by atoms with van der Waals surface area (Å²) >= 11 is 0.